The van der Waals surface area contributed by atoms with Gasteiger partial charge in [-0.25, -0.2) is 4.98 Å². The summed E-state index contributed by atoms with van der Waals surface area (Å²) in [5.74, 6) is -0.180. The van der Waals surface area contributed by atoms with Gasteiger partial charge in [0.05, 0.1) is 19.2 Å². The number of aromatic nitrogens is 2. The lowest BCUT2D eigenvalue weighted by Gasteiger charge is -1.97. The fraction of sp³-hybridized carbons (Fsp3) is 0.333. The number of hydrogen-bond donors (Lipinski definition) is 1. The molecule has 0 atom stereocenters. The van der Waals surface area contributed by atoms with Crippen molar-refractivity contribution in [3.63, 3.8) is 0 Å². The van der Waals surface area contributed by atoms with Gasteiger partial charge in [-0.1, -0.05) is 0 Å². The number of hydrogen-bond acceptors (Lipinski definition) is 4. The first-order valence-corrected chi connectivity index (χ1v) is 6.18. The highest BCUT2D eigenvalue weighted by atomic mass is 32.1. The highest BCUT2D eigenvalue weighted by Gasteiger charge is 2.11. The van der Waals surface area contributed by atoms with E-state index in [9.17, 15) is 4.79 Å². The largest absolute Gasteiger partial charge is 0.469 e. The summed E-state index contributed by atoms with van der Waals surface area (Å²) < 4.78 is 4.63. The number of nitrogens with zero attached hydrogens (tertiary/aromatic N) is 1. The maximum Gasteiger partial charge on any atom is 0.305 e. The van der Waals surface area contributed by atoms with E-state index in [0.717, 1.165) is 21.1 Å². The Labute approximate surface area is 104 Å². The van der Waals surface area contributed by atoms with Crippen LogP contribution >= 0.6 is 11.3 Å². The molecule has 4 nitrogen and oxygen atoms in total. The van der Waals surface area contributed by atoms with Crippen LogP contribution in [0, 0.1) is 6.92 Å². The van der Waals surface area contributed by atoms with Gasteiger partial charge in [0.15, 0.2) is 0 Å². The molecular weight excluding hydrogens is 236 g/mol. The Morgan fingerprint density at radius 3 is 3.06 bits per heavy atom. The van der Waals surface area contributed by atoms with Crippen molar-refractivity contribution in [1.82, 2.24) is 9.97 Å². The van der Waals surface area contributed by atoms with Crippen LogP contribution in [0.1, 0.15) is 17.0 Å². The first-order valence-electron chi connectivity index (χ1n) is 5.37. The quantitative estimate of drug-likeness (QED) is 0.848. The summed E-state index contributed by atoms with van der Waals surface area (Å²) in [6.45, 7) is 1.97. The van der Waals surface area contributed by atoms with Gasteiger partial charge in [-0.2, -0.15) is 0 Å². The van der Waals surface area contributed by atoms with E-state index in [-0.39, 0.29) is 5.97 Å². The number of thiazole rings is 1. The fourth-order valence-electron chi connectivity index (χ4n) is 1.56. The molecule has 1 N–H and O–H groups in total. The normalized spacial score (nSPS) is 10.5. The lowest BCUT2D eigenvalue weighted by Crippen LogP contribution is -2.01. The van der Waals surface area contributed by atoms with Crippen LogP contribution in [0.25, 0.3) is 10.6 Å². The zero-order chi connectivity index (χ0) is 12.3. The molecule has 0 aliphatic heterocycles. The molecule has 2 rings (SSSR count). The number of carbonyl (C=O) groups excluding carboxylic acids is 1. The van der Waals surface area contributed by atoms with Crippen LogP contribution in [0.4, 0.5) is 0 Å². The summed E-state index contributed by atoms with van der Waals surface area (Å²) in [4.78, 5) is 19.7. The van der Waals surface area contributed by atoms with Gasteiger partial charge in [0.25, 0.3) is 0 Å². The van der Waals surface area contributed by atoms with E-state index in [1.807, 2.05) is 25.4 Å². The highest BCUT2D eigenvalue weighted by molar-refractivity contribution is 7.15. The Bertz CT molecular complexity index is 503. The SMILES string of the molecule is COC(=O)CCc1sc(-c2cc[nH]c2)nc1C. The maximum atomic E-state index is 11.1. The third-order valence-corrected chi connectivity index (χ3v) is 3.79. The number of rotatable bonds is 4. The molecule has 2 aromatic heterocycles. The Morgan fingerprint density at radius 2 is 2.41 bits per heavy atom. The van der Waals surface area contributed by atoms with Crippen LogP contribution in [0.2, 0.25) is 0 Å². The van der Waals surface area contributed by atoms with Crippen LogP contribution in [-0.2, 0) is 16.0 Å². The molecule has 2 aromatic rings. The van der Waals surface area contributed by atoms with Crippen LogP contribution < -0.4 is 0 Å². The average Bonchev–Trinajstić information content (AvgIpc) is 2.95. The molecule has 0 fully saturated rings. The number of methoxy groups -OCH3 is 1. The minimum atomic E-state index is -0.180. The third kappa shape index (κ3) is 2.74. The van der Waals surface area contributed by atoms with Gasteiger partial charge < -0.3 is 9.72 Å². The second kappa shape index (κ2) is 5.14. The van der Waals surface area contributed by atoms with Crippen LogP contribution in [0.5, 0.6) is 0 Å². The van der Waals surface area contributed by atoms with E-state index < -0.39 is 0 Å². The number of esters is 1. The van der Waals surface area contributed by atoms with E-state index in [1.165, 1.54) is 7.11 Å². The zero-order valence-electron chi connectivity index (χ0n) is 9.82. The Balaban J connectivity index is 2.11. The van der Waals surface area contributed by atoms with Crippen molar-refractivity contribution in [1.29, 1.82) is 0 Å². The molecule has 0 saturated heterocycles. The Morgan fingerprint density at radius 1 is 1.59 bits per heavy atom. The summed E-state index contributed by atoms with van der Waals surface area (Å²) >= 11 is 1.63. The zero-order valence-corrected chi connectivity index (χ0v) is 10.6. The number of ether oxygens (including phenoxy) is 1. The smallest absolute Gasteiger partial charge is 0.305 e. The van der Waals surface area contributed by atoms with Gasteiger partial charge in [-0.05, 0) is 19.4 Å². The summed E-state index contributed by atoms with van der Waals surface area (Å²) in [5.41, 5.74) is 2.08. The van der Waals surface area contributed by atoms with Crippen molar-refractivity contribution in [2.24, 2.45) is 0 Å². The lowest BCUT2D eigenvalue weighted by atomic mass is 10.2. The van der Waals surface area contributed by atoms with E-state index in [2.05, 4.69) is 14.7 Å². The molecule has 0 bridgehead atoms. The van der Waals surface area contributed by atoms with E-state index >= 15 is 0 Å². The molecule has 0 aromatic carbocycles. The van der Waals surface area contributed by atoms with Gasteiger partial charge in [-0.15, -0.1) is 11.3 Å². The number of aromatic amines is 1. The second-order valence-corrected chi connectivity index (χ2v) is 4.79. The topological polar surface area (TPSA) is 55.0 Å². The molecule has 17 heavy (non-hydrogen) atoms. The van der Waals surface area contributed by atoms with Gasteiger partial charge in [0.2, 0.25) is 0 Å². The van der Waals surface area contributed by atoms with Crippen molar-refractivity contribution in [3.8, 4) is 10.6 Å². The Kier molecular flexibility index (Phi) is 3.58. The van der Waals surface area contributed by atoms with E-state index in [1.54, 1.807) is 11.3 Å². The second-order valence-electron chi connectivity index (χ2n) is 3.70. The van der Waals surface area contributed by atoms with Gasteiger partial charge in [-0.3, -0.25) is 4.79 Å². The maximum absolute atomic E-state index is 11.1. The van der Waals surface area contributed by atoms with Crippen LogP contribution in [-0.4, -0.2) is 23.0 Å². The predicted octanol–water partition coefficient (Wildman–Crippen LogP) is 2.55. The standard InChI is InChI=1S/C12H14N2O2S/c1-8-10(3-4-11(15)16-2)17-12(14-8)9-5-6-13-7-9/h5-7,13H,3-4H2,1-2H3. The van der Waals surface area contributed by atoms with Gasteiger partial charge in [0, 0.05) is 22.8 Å². The van der Waals surface area contributed by atoms with E-state index in [0.29, 0.717) is 12.8 Å². The molecule has 5 heteroatoms. The molecule has 0 aliphatic rings. The predicted molar refractivity (Wildman–Crippen MR) is 67.0 cm³/mol. The van der Waals surface area contributed by atoms with Crippen LogP contribution in [0.3, 0.4) is 0 Å². The van der Waals surface area contributed by atoms with Gasteiger partial charge in [0.1, 0.15) is 5.01 Å². The average molecular weight is 250 g/mol. The van der Waals surface area contributed by atoms with Gasteiger partial charge >= 0.3 is 5.97 Å². The monoisotopic (exact) mass is 250 g/mol. The number of carbonyl (C=O) groups is 1. The molecule has 0 unspecified atom stereocenters. The van der Waals surface area contributed by atoms with Crippen molar-refractivity contribution in [2.75, 3.05) is 7.11 Å². The van der Waals surface area contributed by atoms with Crippen molar-refractivity contribution in [2.45, 2.75) is 19.8 Å². The summed E-state index contributed by atoms with van der Waals surface area (Å²) in [6.07, 6.45) is 4.90. The first-order chi connectivity index (χ1) is 8.20. The third-order valence-electron chi connectivity index (χ3n) is 2.52. The molecule has 0 saturated carbocycles. The first kappa shape index (κ1) is 11.9. The lowest BCUT2D eigenvalue weighted by molar-refractivity contribution is -0.140. The molecule has 0 aliphatic carbocycles. The molecule has 0 spiro atoms. The highest BCUT2D eigenvalue weighted by Crippen LogP contribution is 2.28. The summed E-state index contributed by atoms with van der Waals surface area (Å²) in [5, 5.41) is 0.989. The summed E-state index contributed by atoms with van der Waals surface area (Å²) in [7, 11) is 1.41. The number of nitrogens with one attached hydrogen (secondary N) is 1. The Hall–Kier alpha value is -1.62. The number of H-pyrrole nitrogens is 1. The summed E-state index contributed by atoms with van der Waals surface area (Å²) in [6, 6.07) is 1.99. The van der Waals surface area contributed by atoms with Crippen molar-refractivity contribution in [3.05, 3.63) is 29.0 Å². The minimum absolute atomic E-state index is 0.180. The molecule has 90 valence electrons. The fourth-order valence-corrected chi connectivity index (χ4v) is 2.62. The molecule has 0 radical (unpaired) electrons. The molecular formula is C12H14N2O2S. The van der Waals surface area contributed by atoms with Crippen molar-refractivity contribution >= 4 is 17.3 Å². The van der Waals surface area contributed by atoms with Crippen LogP contribution in [0.15, 0.2) is 18.5 Å². The van der Waals surface area contributed by atoms with Crippen molar-refractivity contribution < 1.29 is 9.53 Å². The van der Waals surface area contributed by atoms with E-state index in [4.69, 9.17) is 0 Å². The minimum Gasteiger partial charge on any atom is -0.469 e. The number of aryl methyl sites for hydroxylation is 2. The molecule has 2 heterocycles. The molecule has 0 amide bonds.